The van der Waals surface area contributed by atoms with E-state index in [9.17, 15) is 9.50 Å². The van der Waals surface area contributed by atoms with Gasteiger partial charge in [0.05, 0.1) is 0 Å². The van der Waals surface area contributed by atoms with Crippen molar-refractivity contribution in [2.75, 3.05) is 0 Å². The molecule has 0 aliphatic heterocycles. The van der Waals surface area contributed by atoms with Gasteiger partial charge in [0.1, 0.15) is 23.3 Å². The van der Waals surface area contributed by atoms with Crippen LogP contribution in [0.25, 0.3) is 11.0 Å². The number of benzene rings is 1. The fraction of sp³-hybridized carbons (Fsp3) is 0.500. The summed E-state index contributed by atoms with van der Waals surface area (Å²) in [5, 5.41) is 11.2. The molecule has 1 saturated carbocycles. The maximum Gasteiger partial charge on any atom is 0.134 e. The average Bonchev–Trinajstić information content (AvgIpc) is 2.64. The lowest BCUT2D eigenvalue weighted by Gasteiger charge is -2.09. The Hall–Kier alpha value is -1.35. The van der Waals surface area contributed by atoms with Gasteiger partial charge in [-0.2, -0.15) is 0 Å². The maximum absolute atomic E-state index is 13.2. The van der Waals surface area contributed by atoms with Gasteiger partial charge in [-0.15, -0.1) is 0 Å². The summed E-state index contributed by atoms with van der Waals surface area (Å²) in [6.07, 6.45) is -0.638. The molecular weight excluding hydrogens is 243 g/mol. The maximum atomic E-state index is 13.2. The fourth-order valence-corrected chi connectivity index (χ4v) is 3.38. The second-order valence-corrected chi connectivity index (χ2v) is 6.70. The third-order valence-electron chi connectivity index (χ3n) is 5.24. The topological polar surface area (TPSA) is 33.4 Å². The summed E-state index contributed by atoms with van der Waals surface area (Å²) >= 11 is 0. The van der Waals surface area contributed by atoms with Gasteiger partial charge in [0.15, 0.2) is 0 Å². The summed E-state index contributed by atoms with van der Waals surface area (Å²) in [6, 6.07) is 6.14. The highest BCUT2D eigenvalue weighted by molar-refractivity contribution is 5.78. The minimum atomic E-state index is -0.638. The van der Waals surface area contributed by atoms with Crippen LogP contribution < -0.4 is 0 Å². The first kappa shape index (κ1) is 12.7. The molecule has 1 fully saturated rings. The van der Waals surface area contributed by atoms with Crippen molar-refractivity contribution in [3.05, 3.63) is 35.8 Å². The highest BCUT2D eigenvalue weighted by atomic mass is 19.1. The highest BCUT2D eigenvalue weighted by Crippen LogP contribution is 2.72. The minimum absolute atomic E-state index is 0.0800. The predicted octanol–water partition coefficient (Wildman–Crippen LogP) is 4.29. The van der Waals surface area contributed by atoms with Crippen molar-refractivity contribution in [2.24, 2.45) is 16.7 Å². The second-order valence-electron chi connectivity index (χ2n) is 6.70. The van der Waals surface area contributed by atoms with Gasteiger partial charge in [-0.3, -0.25) is 0 Å². The van der Waals surface area contributed by atoms with E-state index in [0.29, 0.717) is 16.7 Å². The summed E-state index contributed by atoms with van der Waals surface area (Å²) in [4.78, 5) is 0. The Morgan fingerprint density at radius 2 is 1.79 bits per heavy atom. The van der Waals surface area contributed by atoms with Gasteiger partial charge in [-0.1, -0.05) is 27.7 Å². The molecule has 2 nitrogen and oxygen atoms in total. The van der Waals surface area contributed by atoms with Crippen LogP contribution in [0.1, 0.15) is 39.6 Å². The van der Waals surface area contributed by atoms with Gasteiger partial charge in [-0.25, -0.2) is 4.39 Å². The molecule has 0 amide bonds. The summed E-state index contributed by atoms with van der Waals surface area (Å²) in [6.45, 7) is 8.62. The first-order valence-electron chi connectivity index (χ1n) is 6.62. The van der Waals surface area contributed by atoms with Crippen molar-refractivity contribution in [3.8, 4) is 0 Å². The Balaban J connectivity index is 1.97. The zero-order valence-corrected chi connectivity index (χ0v) is 11.7. The van der Waals surface area contributed by atoms with E-state index in [1.54, 1.807) is 12.1 Å². The summed E-state index contributed by atoms with van der Waals surface area (Å²) < 4.78 is 18.8. The smallest absolute Gasteiger partial charge is 0.134 e. The summed E-state index contributed by atoms with van der Waals surface area (Å²) in [7, 11) is 0. The zero-order chi connectivity index (χ0) is 14.0. The Morgan fingerprint density at radius 1 is 1.16 bits per heavy atom. The van der Waals surface area contributed by atoms with E-state index in [1.165, 1.54) is 12.1 Å². The zero-order valence-electron chi connectivity index (χ0n) is 11.7. The largest absolute Gasteiger partial charge is 0.458 e. The van der Waals surface area contributed by atoms with E-state index in [0.717, 1.165) is 0 Å². The Bertz CT molecular complexity index is 625. The van der Waals surface area contributed by atoms with Crippen molar-refractivity contribution in [1.82, 2.24) is 0 Å². The number of rotatable bonds is 2. The number of fused-ring (bicyclic) bond motifs is 1. The molecule has 2 aromatic rings. The van der Waals surface area contributed by atoms with Crippen LogP contribution in [0.3, 0.4) is 0 Å². The first-order valence-corrected chi connectivity index (χ1v) is 6.62. The SMILES string of the molecule is CC1(C)C(C(O)c2cc3cc(F)ccc3o2)C1(C)C. The molecule has 102 valence electrons. The van der Waals surface area contributed by atoms with Crippen molar-refractivity contribution >= 4 is 11.0 Å². The lowest BCUT2D eigenvalue weighted by molar-refractivity contribution is 0.108. The van der Waals surface area contributed by atoms with Crippen LogP contribution >= 0.6 is 0 Å². The van der Waals surface area contributed by atoms with E-state index in [4.69, 9.17) is 4.42 Å². The Labute approximate surface area is 112 Å². The number of hydrogen-bond acceptors (Lipinski definition) is 2. The molecular formula is C16H19FO2. The summed E-state index contributed by atoms with van der Waals surface area (Å²) in [5.74, 6) is 0.399. The van der Waals surface area contributed by atoms with Crippen LogP contribution in [0.2, 0.25) is 0 Å². The molecule has 0 radical (unpaired) electrons. The molecule has 1 aliphatic carbocycles. The van der Waals surface area contributed by atoms with Crippen molar-refractivity contribution in [2.45, 2.75) is 33.8 Å². The molecule has 3 rings (SSSR count). The van der Waals surface area contributed by atoms with E-state index in [2.05, 4.69) is 27.7 Å². The van der Waals surface area contributed by atoms with Gasteiger partial charge in [0, 0.05) is 11.3 Å². The molecule has 1 aliphatic rings. The summed E-state index contributed by atoms with van der Waals surface area (Å²) in [5.41, 5.74) is 0.777. The fourth-order valence-electron chi connectivity index (χ4n) is 3.38. The van der Waals surface area contributed by atoms with Gasteiger partial charge >= 0.3 is 0 Å². The van der Waals surface area contributed by atoms with Crippen molar-refractivity contribution in [1.29, 1.82) is 0 Å². The molecule has 19 heavy (non-hydrogen) atoms. The van der Waals surface area contributed by atoms with Crippen LogP contribution in [-0.2, 0) is 0 Å². The van der Waals surface area contributed by atoms with Gasteiger partial charge in [-0.05, 0) is 35.1 Å². The third kappa shape index (κ3) is 1.64. The Kier molecular flexibility index (Phi) is 2.40. The van der Waals surface area contributed by atoms with Crippen molar-refractivity contribution < 1.29 is 13.9 Å². The van der Waals surface area contributed by atoms with Gasteiger partial charge in [0.2, 0.25) is 0 Å². The molecule has 0 bridgehead atoms. The lowest BCUT2D eigenvalue weighted by Crippen LogP contribution is -2.04. The highest BCUT2D eigenvalue weighted by Gasteiger charge is 2.67. The normalized spacial score (nSPS) is 22.6. The van der Waals surface area contributed by atoms with Gasteiger partial charge in [0.25, 0.3) is 0 Å². The standard InChI is InChI=1S/C16H19FO2/c1-15(2)14(16(15,3)4)13(18)12-8-9-7-10(17)5-6-11(9)19-12/h5-8,13-14,18H,1-4H3. The number of hydrogen-bond donors (Lipinski definition) is 1. The van der Waals surface area contributed by atoms with E-state index >= 15 is 0 Å². The Morgan fingerprint density at radius 3 is 2.37 bits per heavy atom. The number of halogens is 1. The molecule has 1 atom stereocenters. The van der Waals surface area contributed by atoms with Gasteiger partial charge < -0.3 is 9.52 Å². The van der Waals surface area contributed by atoms with E-state index < -0.39 is 6.10 Å². The van der Waals surface area contributed by atoms with E-state index in [1.807, 2.05) is 0 Å². The third-order valence-corrected chi connectivity index (χ3v) is 5.24. The quantitative estimate of drug-likeness (QED) is 0.876. The number of aliphatic hydroxyl groups excluding tert-OH is 1. The molecule has 1 N–H and O–H groups in total. The van der Waals surface area contributed by atoms with Crippen LogP contribution in [-0.4, -0.2) is 5.11 Å². The molecule has 1 unspecified atom stereocenters. The lowest BCUT2D eigenvalue weighted by atomic mass is 10.0. The van der Waals surface area contributed by atoms with Crippen LogP contribution in [0, 0.1) is 22.6 Å². The molecule has 1 aromatic heterocycles. The second kappa shape index (κ2) is 3.60. The number of furan rings is 1. The van der Waals surface area contributed by atoms with Crippen LogP contribution in [0.4, 0.5) is 4.39 Å². The van der Waals surface area contributed by atoms with E-state index in [-0.39, 0.29) is 22.6 Å². The predicted molar refractivity (Wildman–Crippen MR) is 72.2 cm³/mol. The molecule has 0 spiro atoms. The molecule has 0 saturated heterocycles. The average molecular weight is 262 g/mol. The molecule has 3 heteroatoms. The molecule has 1 heterocycles. The first-order chi connectivity index (χ1) is 8.75. The van der Waals surface area contributed by atoms with Crippen LogP contribution in [0.5, 0.6) is 0 Å². The minimum Gasteiger partial charge on any atom is -0.458 e. The van der Waals surface area contributed by atoms with Crippen molar-refractivity contribution in [3.63, 3.8) is 0 Å². The van der Waals surface area contributed by atoms with Crippen LogP contribution in [0.15, 0.2) is 28.7 Å². The monoisotopic (exact) mass is 262 g/mol. The molecule has 1 aromatic carbocycles. The number of aliphatic hydroxyl groups is 1.